The number of carboxylic acid groups (broad SMARTS) is 1. The first-order valence-electron chi connectivity index (χ1n) is 4.90. The molecular weight excluding hydrogens is 277 g/mol. The number of nitrogens with one attached hydrogen (secondary N) is 1. The van der Waals surface area contributed by atoms with Crippen molar-refractivity contribution in [1.29, 1.82) is 0 Å². The normalized spacial score (nSPS) is 10.3. The van der Waals surface area contributed by atoms with Crippen LogP contribution in [0.3, 0.4) is 0 Å². The number of aromatic carboxylic acids is 1. The van der Waals surface area contributed by atoms with E-state index in [1.165, 1.54) is 30.5 Å². The molecule has 0 aliphatic rings. The van der Waals surface area contributed by atoms with Crippen LogP contribution in [-0.4, -0.2) is 16.1 Å². The number of aromatic nitrogens is 1. The van der Waals surface area contributed by atoms with Gasteiger partial charge in [-0.1, -0.05) is 23.2 Å². The van der Waals surface area contributed by atoms with Crippen LogP contribution in [0.4, 0.5) is 0 Å². The minimum Gasteiger partial charge on any atom is -0.478 e. The second kappa shape index (κ2) is 4.84. The third-order valence-corrected chi connectivity index (χ3v) is 2.78. The highest BCUT2D eigenvalue weighted by molar-refractivity contribution is 6.35. The van der Waals surface area contributed by atoms with Crippen LogP contribution in [0.1, 0.15) is 10.4 Å². The van der Waals surface area contributed by atoms with Gasteiger partial charge in [0, 0.05) is 16.2 Å². The largest absolute Gasteiger partial charge is 0.478 e. The van der Waals surface area contributed by atoms with E-state index in [1.54, 1.807) is 0 Å². The predicted molar refractivity (Wildman–Crippen MR) is 69.5 cm³/mol. The van der Waals surface area contributed by atoms with Gasteiger partial charge in [-0.15, -0.1) is 0 Å². The summed E-state index contributed by atoms with van der Waals surface area (Å²) in [5.74, 6) is -1.19. The standard InChI is InChI=1S/C12H7Cl2NO3/c13-7-3-6(4-8(14)5-7)10-9(12(17)18)1-2-15-11(10)16/h1-5H,(H,15,16)(H,17,18). The first-order valence-corrected chi connectivity index (χ1v) is 5.66. The van der Waals surface area contributed by atoms with Crippen molar-refractivity contribution in [2.45, 2.75) is 0 Å². The van der Waals surface area contributed by atoms with Crippen molar-refractivity contribution < 1.29 is 9.90 Å². The van der Waals surface area contributed by atoms with Gasteiger partial charge in [0.15, 0.2) is 0 Å². The second-order valence-electron chi connectivity index (χ2n) is 3.56. The van der Waals surface area contributed by atoms with E-state index in [0.717, 1.165) is 0 Å². The molecule has 0 amide bonds. The van der Waals surface area contributed by atoms with Gasteiger partial charge in [0.25, 0.3) is 5.56 Å². The van der Waals surface area contributed by atoms with Gasteiger partial charge in [0.2, 0.25) is 0 Å². The van der Waals surface area contributed by atoms with Crippen molar-refractivity contribution >= 4 is 29.2 Å². The maximum Gasteiger partial charge on any atom is 0.336 e. The lowest BCUT2D eigenvalue weighted by molar-refractivity contribution is 0.0697. The van der Waals surface area contributed by atoms with Crippen molar-refractivity contribution in [1.82, 2.24) is 4.98 Å². The van der Waals surface area contributed by atoms with Crippen molar-refractivity contribution in [3.05, 3.63) is 56.4 Å². The number of H-pyrrole nitrogens is 1. The SMILES string of the molecule is O=C(O)c1cc[nH]c(=O)c1-c1cc(Cl)cc(Cl)c1. The fraction of sp³-hybridized carbons (Fsp3) is 0. The molecule has 2 N–H and O–H groups in total. The van der Waals surface area contributed by atoms with Crippen LogP contribution in [0, 0.1) is 0 Å². The second-order valence-corrected chi connectivity index (χ2v) is 4.43. The smallest absolute Gasteiger partial charge is 0.336 e. The van der Waals surface area contributed by atoms with Gasteiger partial charge in [0.1, 0.15) is 0 Å². The van der Waals surface area contributed by atoms with E-state index >= 15 is 0 Å². The first-order chi connectivity index (χ1) is 8.49. The van der Waals surface area contributed by atoms with Gasteiger partial charge in [0.05, 0.1) is 11.1 Å². The molecule has 0 atom stereocenters. The maximum atomic E-state index is 11.8. The average molecular weight is 284 g/mol. The molecule has 0 spiro atoms. The molecule has 2 aromatic rings. The third kappa shape index (κ3) is 2.39. The van der Waals surface area contributed by atoms with E-state index in [1.807, 2.05) is 0 Å². The minimum atomic E-state index is -1.19. The average Bonchev–Trinajstić information content (AvgIpc) is 2.26. The minimum absolute atomic E-state index is 0.0365. The zero-order valence-corrected chi connectivity index (χ0v) is 10.4. The van der Waals surface area contributed by atoms with Crippen LogP contribution in [0.2, 0.25) is 10.0 Å². The zero-order chi connectivity index (χ0) is 13.3. The van der Waals surface area contributed by atoms with Gasteiger partial charge < -0.3 is 10.1 Å². The quantitative estimate of drug-likeness (QED) is 0.890. The molecule has 0 aliphatic heterocycles. The molecule has 0 fully saturated rings. The molecule has 18 heavy (non-hydrogen) atoms. The molecule has 0 aliphatic carbocycles. The Kier molecular flexibility index (Phi) is 3.41. The monoisotopic (exact) mass is 283 g/mol. The summed E-state index contributed by atoms with van der Waals surface area (Å²) in [6.45, 7) is 0. The number of aromatic amines is 1. The first kappa shape index (κ1) is 12.7. The van der Waals surface area contributed by atoms with Crippen molar-refractivity contribution in [2.24, 2.45) is 0 Å². The molecule has 2 rings (SSSR count). The van der Waals surface area contributed by atoms with E-state index in [2.05, 4.69) is 4.98 Å². The lowest BCUT2D eigenvalue weighted by Crippen LogP contribution is -2.14. The number of pyridine rings is 1. The summed E-state index contributed by atoms with van der Waals surface area (Å²) >= 11 is 11.7. The number of hydrogen-bond donors (Lipinski definition) is 2. The topological polar surface area (TPSA) is 70.2 Å². The van der Waals surface area contributed by atoms with Crippen LogP contribution in [0.15, 0.2) is 35.3 Å². The van der Waals surface area contributed by atoms with Crippen LogP contribution in [0.25, 0.3) is 11.1 Å². The van der Waals surface area contributed by atoms with E-state index in [4.69, 9.17) is 28.3 Å². The van der Waals surface area contributed by atoms with Crippen LogP contribution in [-0.2, 0) is 0 Å². The van der Waals surface area contributed by atoms with Gasteiger partial charge in [-0.3, -0.25) is 4.79 Å². The molecule has 6 heteroatoms. The summed E-state index contributed by atoms with van der Waals surface area (Å²) in [7, 11) is 0. The molecule has 0 saturated heterocycles. The number of halogens is 2. The Bertz CT molecular complexity index is 659. The van der Waals surface area contributed by atoms with Crippen molar-refractivity contribution in [2.75, 3.05) is 0 Å². The molecule has 0 radical (unpaired) electrons. The highest BCUT2D eigenvalue weighted by atomic mass is 35.5. The van der Waals surface area contributed by atoms with E-state index < -0.39 is 11.5 Å². The zero-order valence-electron chi connectivity index (χ0n) is 8.91. The molecule has 4 nitrogen and oxygen atoms in total. The van der Waals surface area contributed by atoms with E-state index in [0.29, 0.717) is 15.6 Å². The van der Waals surface area contributed by atoms with Gasteiger partial charge >= 0.3 is 5.97 Å². The van der Waals surface area contributed by atoms with Crippen molar-refractivity contribution in [3.63, 3.8) is 0 Å². The van der Waals surface area contributed by atoms with E-state index in [9.17, 15) is 9.59 Å². The fourth-order valence-electron chi connectivity index (χ4n) is 1.64. The number of benzene rings is 1. The number of carbonyl (C=O) groups is 1. The lowest BCUT2D eigenvalue weighted by atomic mass is 10.0. The summed E-state index contributed by atoms with van der Waals surface area (Å²) in [4.78, 5) is 25.3. The summed E-state index contributed by atoms with van der Waals surface area (Å²) in [6, 6.07) is 5.80. The fourth-order valence-corrected chi connectivity index (χ4v) is 2.17. The molecule has 92 valence electrons. The summed E-state index contributed by atoms with van der Waals surface area (Å²) in [5, 5.41) is 9.73. The molecule has 1 aromatic carbocycles. The predicted octanol–water partition coefficient (Wildman–Crippen LogP) is 3.05. The summed E-state index contributed by atoms with van der Waals surface area (Å²) in [5.41, 5.74) is -0.202. The molecule has 0 unspecified atom stereocenters. The Morgan fingerprint density at radius 2 is 1.78 bits per heavy atom. The van der Waals surface area contributed by atoms with Gasteiger partial charge in [-0.05, 0) is 29.8 Å². The van der Waals surface area contributed by atoms with E-state index in [-0.39, 0.29) is 11.1 Å². The summed E-state index contributed by atoms with van der Waals surface area (Å²) < 4.78 is 0. The molecule has 0 bridgehead atoms. The van der Waals surface area contributed by atoms with Crippen LogP contribution < -0.4 is 5.56 Å². The Morgan fingerprint density at radius 3 is 2.33 bits per heavy atom. The van der Waals surface area contributed by atoms with Crippen LogP contribution >= 0.6 is 23.2 Å². The molecule has 1 heterocycles. The number of carboxylic acids is 1. The Morgan fingerprint density at radius 1 is 1.17 bits per heavy atom. The van der Waals surface area contributed by atoms with Gasteiger partial charge in [-0.25, -0.2) is 4.79 Å². The van der Waals surface area contributed by atoms with Gasteiger partial charge in [-0.2, -0.15) is 0 Å². The lowest BCUT2D eigenvalue weighted by Gasteiger charge is -2.06. The molecule has 1 aromatic heterocycles. The summed E-state index contributed by atoms with van der Waals surface area (Å²) in [6.07, 6.45) is 1.28. The Balaban J connectivity index is 2.78. The molecular formula is C12H7Cl2NO3. The maximum absolute atomic E-state index is 11.8. The Hall–Kier alpha value is -1.78. The van der Waals surface area contributed by atoms with Crippen molar-refractivity contribution in [3.8, 4) is 11.1 Å². The number of rotatable bonds is 2. The number of hydrogen-bond acceptors (Lipinski definition) is 2. The third-order valence-electron chi connectivity index (χ3n) is 2.34. The highest BCUT2D eigenvalue weighted by Gasteiger charge is 2.15. The highest BCUT2D eigenvalue weighted by Crippen LogP contribution is 2.27. The Labute approximate surface area is 112 Å². The molecule has 0 saturated carbocycles. The van der Waals surface area contributed by atoms with Crippen LogP contribution in [0.5, 0.6) is 0 Å².